The lowest BCUT2D eigenvalue weighted by Gasteiger charge is -2.40. The van der Waals surface area contributed by atoms with E-state index in [1.54, 1.807) is 12.1 Å². The van der Waals surface area contributed by atoms with Crippen LogP contribution in [0.5, 0.6) is 0 Å². The molecule has 2 aromatic carbocycles. The van der Waals surface area contributed by atoms with Crippen LogP contribution >= 0.6 is 0 Å². The Morgan fingerprint density at radius 3 is 2.61 bits per heavy atom. The molecule has 164 valence electrons. The first-order valence-corrected chi connectivity index (χ1v) is 12.5. The number of ether oxygens (including phenoxy) is 1. The van der Waals surface area contributed by atoms with Crippen molar-refractivity contribution in [2.45, 2.75) is 43.7 Å². The normalized spacial score (nSPS) is 27.5. The summed E-state index contributed by atoms with van der Waals surface area (Å²) in [4.78, 5) is 15.7. The number of fused-ring (bicyclic) bond motifs is 5. The second kappa shape index (κ2) is 7.64. The van der Waals surface area contributed by atoms with Gasteiger partial charge in [-0.1, -0.05) is 35.9 Å². The molecule has 6 nitrogen and oxygen atoms in total. The fraction of sp³-hybridized carbons (Fsp3) is 0.458. The van der Waals surface area contributed by atoms with E-state index in [1.165, 1.54) is 4.31 Å². The second-order valence-electron chi connectivity index (χ2n) is 8.74. The molecule has 2 aromatic rings. The standard InChI is InChI=1S/C24H28N2O4S/c1-3-30-24(27)22-19-15-26(31(28,29)17-12-10-16(2)11-13-17)20-8-5-4-7-18(20)23(19)25-14-6-9-21(22)25/h4-5,7-8,10-13,19,21-23H,3,6,9,14-15H2,1-2H3/t19-,21-,22-,23-/m1/s1. The number of rotatable bonds is 4. The molecule has 5 rings (SSSR count). The van der Waals surface area contributed by atoms with E-state index >= 15 is 0 Å². The van der Waals surface area contributed by atoms with Crippen LogP contribution in [0.1, 0.15) is 36.9 Å². The summed E-state index contributed by atoms with van der Waals surface area (Å²) in [6.45, 7) is 5.31. The molecule has 0 radical (unpaired) electrons. The number of carbonyl (C=O) groups is 1. The highest BCUT2D eigenvalue weighted by atomic mass is 32.2. The summed E-state index contributed by atoms with van der Waals surface area (Å²) in [6.07, 6.45) is 2.00. The summed E-state index contributed by atoms with van der Waals surface area (Å²) < 4.78 is 34.4. The van der Waals surface area contributed by atoms with Crippen LogP contribution in [0.3, 0.4) is 0 Å². The fourth-order valence-corrected chi connectivity index (χ4v) is 7.31. The first-order valence-electron chi connectivity index (χ1n) is 11.0. The molecule has 0 unspecified atom stereocenters. The van der Waals surface area contributed by atoms with Crippen molar-refractivity contribution < 1.29 is 17.9 Å². The molecule has 3 aliphatic rings. The van der Waals surface area contributed by atoms with Gasteiger partial charge in [0.1, 0.15) is 0 Å². The highest BCUT2D eigenvalue weighted by molar-refractivity contribution is 7.92. The van der Waals surface area contributed by atoms with Crippen molar-refractivity contribution >= 4 is 21.7 Å². The molecule has 2 fully saturated rings. The van der Waals surface area contributed by atoms with Crippen LogP contribution < -0.4 is 4.31 Å². The molecular formula is C24H28N2O4S. The van der Waals surface area contributed by atoms with Crippen molar-refractivity contribution in [3.8, 4) is 0 Å². The van der Waals surface area contributed by atoms with Crippen molar-refractivity contribution in [2.24, 2.45) is 11.8 Å². The third-order valence-corrected chi connectivity index (χ3v) is 8.84. The first-order chi connectivity index (χ1) is 14.9. The van der Waals surface area contributed by atoms with Crippen LogP contribution in [0.25, 0.3) is 0 Å². The molecule has 3 heterocycles. The lowest BCUT2D eigenvalue weighted by atomic mass is 9.80. The molecule has 0 bridgehead atoms. The van der Waals surface area contributed by atoms with Gasteiger partial charge in [0.15, 0.2) is 0 Å². The van der Waals surface area contributed by atoms with Gasteiger partial charge in [0.25, 0.3) is 10.0 Å². The van der Waals surface area contributed by atoms with Crippen molar-refractivity contribution in [1.29, 1.82) is 0 Å². The van der Waals surface area contributed by atoms with E-state index in [4.69, 9.17) is 4.74 Å². The van der Waals surface area contributed by atoms with Gasteiger partial charge in [-0.2, -0.15) is 0 Å². The summed E-state index contributed by atoms with van der Waals surface area (Å²) in [6, 6.07) is 14.9. The first kappa shape index (κ1) is 20.5. The molecular weight excluding hydrogens is 412 g/mol. The van der Waals surface area contributed by atoms with Crippen LogP contribution in [0.2, 0.25) is 0 Å². The minimum absolute atomic E-state index is 0.0440. The maximum atomic E-state index is 13.7. The van der Waals surface area contributed by atoms with Crippen molar-refractivity contribution in [3.05, 3.63) is 59.7 Å². The largest absolute Gasteiger partial charge is 0.466 e. The molecule has 0 amide bonds. The van der Waals surface area contributed by atoms with Gasteiger partial charge in [0.05, 0.1) is 23.1 Å². The Morgan fingerprint density at radius 1 is 1.13 bits per heavy atom. The molecule has 3 aliphatic heterocycles. The molecule has 4 atom stereocenters. The molecule has 0 aliphatic carbocycles. The third kappa shape index (κ3) is 3.17. The zero-order valence-corrected chi connectivity index (χ0v) is 18.7. The zero-order chi connectivity index (χ0) is 21.8. The number of carbonyl (C=O) groups excluding carboxylic acids is 1. The predicted octanol–water partition coefficient (Wildman–Crippen LogP) is 3.52. The Hall–Kier alpha value is -2.38. The fourth-order valence-electron chi connectivity index (χ4n) is 5.79. The topological polar surface area (TPSA) is 66.9 Å². The number of anilines is 1. The number of nitrogens with zero attached hydrogens (tertiary/aromatic N) is 2. The van der Waals surface area contributed by atoms with E-state index < -0.39 is 10.0 Å². The van der Waals surface area contributed by atoms with Crippen LogP contribution in [-0.2, 0) is 19.6 Å². The van der Waals surface area contributed by atoms with Gasteiger partial charge in [-0.25, -0.2) is 8.42 Å². The average Bonchev–Trinajstić information content (AvgIpc) is 3.33. The maximum Gasteiger partial charge on any atom is 0.310 e. The summed E-state index contributed by atoms with van der Waals surface area (Å²) in [5.74, 6) is -0.630. The van der Waals surface area contributed by atoms with E-state index in [-0.39, 0.29) is 41.3 Å². The van der Waals surface area contributed by atoms with Gasteiger partial charge in [-0.05, 0) is 57.0 Å². The quantitative estimate of drug-likeness (QED) is 0.681. The maximum absolute atomic E-state index is 13.7. The van der Waals surface area contributed by atoms with Gasteiger partial charge in [-0.15, -0.1) is 0 Å². The number of sulfonamides is 1. The zero-order valence-electron chi connectivity index (χ0n) is 17.9. The lowest BCUT2D eigenvalue weighted by Crippen LogP contribution is -2.45. The van der Waals surface area contributed by atoms with Gasteiger partial charge < -0.3 is 4.74 Å². The number of aryl methyl sites for hydroxylation is 1. The minimum atomic E-state index is -3.75. The highest BCUT2D eigenvalue weighted by Crippen LogP contribution is 2.54. The molecule has 0 aromatic heterocycles. The number of hydrogen-bond acceptors (Lipinski definition) is 5. The number of hydrogen-bond donors (Lipinski definition) is 0. The summed E-state index contributed by atoms with van der Waals surface area (Å²) in [7, 11) is -3.75. The number of para-hydroxylation sites is 1. The van der Waals surface area contributed by atoms with Gasteiger partial charge in [0.2, 0.25) is 0 Å². The molecule has 0 spiro atoms. The van der Waals surface area contributed by atoms with Crippen LogP contribution in [0, 0.1) is 18.8 Å². The van der Waals surface area contributed by atoms with E-state index in [0.717, 1.165) is 36.2 Å². The van der Waals surface area contributed by atoms with E-state index in [2.05, 4.69) is 4.90 Å². The predicted molar refractivity (Wildman–Crippen MR) is 118 cm³/mol. The molecule has 31 heavy (non-hydrogen) atoms. The minimum Gasteiger partial charge on any atom is -0.466 e. The lowest BCUT2D eigenvalue weighted by molar-refractivity contribution is -0.150. The van der Waals surface area contributed by atoms with Crippen LogP contribution in [-0.4, -0.2) is 45.0 Å². The van der Waals surface area contributed by atoms with Gasteiger partial charge >= 0.3 is 5.97 Å². The molecule has 0 N–H and O–H groups in total. The Kier molecular flexibility index (Phi) is 5.06. The van der Waals surface area contributed by atoms with Crippen LogP contribution in [0.15, 0.2) is 53.4 Å². The smallest absolute Gasteiger partial charge is 0.310 e. The Balaban J connectivity index is 1.62. The van der Waals surface area contributed by atoms with Gasteiger partial charge in [-0.3, -0.25) is 14.0 Å². The third-order valence-electron chi connectivity index (χ3n) is 7.05. The Bertz CT molecular complexity index is 1100. The van der Waals surface area contributed by atoms with Crippen molar-refractivity contribution in [2.75, 3.05) is 24.0 Å². The summed E-state index contributed by atoms with van der Waals surface area (Å²) in [5, 5.41) is 0. The Labute approximate surface area is 183 Å². The second-order valence-corrected chi connectivity index (χ2v) is 10.6. The summed E-state index contributed by atoms with van der Waals surface area (Å²) >= 11 is 0. The molecule has 7 heteroatoms. The van der Waals surface area contributed by atoms with E-state index in [9.17, 15) is 13.2 Å². The van der Waals surface area contributed by atoms with Gasteiger partial charge in [0, 0.05) is 24.5 Å². The average molecular weight is 441 g/mol. The SMILES string of the molecule is CCOC(=O)[C@@H]1[C@H]2CN(S(=O)(=O)c3ccc(C)cc3)c3ccccc3[C@H]2N2CCC[C@H]12. The van der Waals surface area contributed by atoms with Crippen molar-refractivity contribution in [1.82, 2.24) is 4.90 Å². The highest BCUT2D eigenvalue weighted by Gasteiger charge is 2.57. The number of esters is 1. The molecule has 2 saturated heterocycles. The van der Waals surface area contributed by atoms with Crippen LogP contribution in [0.4, 0.5) is 5.69 Å². The monoisotopic (exact) mass is 440 g/mol. The van der Waals surface area contributed by atoms with Crippen molar-refractivity contribution in [3.63, 3.8) is 0 Å². The molecule has 0 saturated carbocycles. The number of benzene rings is 2. The van der Waals surface area contributed by atoms with E-state index in [0.29, 0.717) is 6.61 Å². The summed E-state index contributed by atoms with van der Waals surface area (Å²) in [5.41, 5.74) is 2.73. The Morgan fingerprint density at radius 2 is 1.87 bits per heavy atom. The van der Waals surface area contributed by atoms with E-state index in [1.807, 2.05) is 50.2 Å².